The number of nitriles is 1. The highest BCUT2D eigenvalue weighted by molar-refractivity contribution is 5.49. The average molecular weight is 271 g/mol. The number of nitrogens with one attached hydrogen (secondary N) is 1. The van der Waals surface area contributed by atoms with Crippen LogP contribution >= 0.6 is 0 Å². The van der Waals surface area contributed by atoms with Gasteiger partial charge in [0, 0.05) is 29.9 Å². The van der Waals surface area contributed by atoms with Crippen molar-refractivity contribution >= 4 is 11.4 Å². The Balaban J connectivity index is 2.05. The van der Waals surface area contributed by atoms with Gasteiger partial charge in [-0.1, -0.05) is 6.07 Å². The Morgan fingerprint density at radius 2 is 1.95 bits per heavy atom. The highest BCUT2D eigenvalue weighted by Crippen LogP contribution is 2.17. The molecule has 0 aliphatic rings. The van der Waals surface area contributed by atoms with Crippen molar-refractivity contribution in [1.82, 2.24) is 0 Å². The minimum Gasteiger partial charge on any atom is -0.381 e. The zero-order valence-electron chi connectivity index (χ0n) is 10.3. The topological polar surface area (TPSA) is 79.0 Å². The molecule has 100 valence electrons. The maximum atomic E-state index is 13.6. The van der Waals surface area contributed by atoms with Gasteiger partial charge < -0.3 is 5.32 Å². The Kier molecular flexibility index (Phi) is 3.91. The first-order chi connectivity index (χ1) is 9.60. The van der Waals surface area contributed by atoms with Crippen molar-refractivity contribution in [3.05, 3.63) is 69.5 Å². The molecule has 5 nitrogen and oxygen atoms in total. The van der Waals surface area contributed by atoms with Crippen molar-refractivity contribution in [2.45, 2.75) is 6.54 Å². The van der Waals surface area contributed by atoms with E-state index in [4.69, 9.17) is 5.26 Å². The number of hydrogen-bond donors (Lipinski definition) is 1. The molecule has 2 aromatic rings. The number of benzene rings is 2. The summed E-state index contributed by atoms with van der Waals surface area (Å²) in [6.45, 7) is 0.232. The standard InChI is InChI=1S/C14H10FN3O2/c15-14-7-10(8-16)1-2-11(14)9-17-12-3-5-13(6-4-12)18(19)20/h1-7,17H,9H2. The van der Waals surface area contributed by atoms with Gasteiger partial charge in [0.1, 0.15) is 5.82 Å². The molecular formula is C14H10FN3O2. The number of nitro benzene ring substituents is 1. The van der Waals surface area contributed by atoms with Crippen LogP contribution in [0, 0.1) is 27.3 Å². The van der Waals surface area contributed by atoms with E-state index in [1.807, 2.05) is 6.07 Å². The summed E-state index contributed by atoms with van der Waals surface area (Å²) < 4.78 is 13.6. The lowest BCUT2D eigenvalue weighted by Gasteiger charge is -2.07. The molecule has 0 amide bonds. The highest BCUT2D eigenvalue weighted by Gasteiger charge is 2.05. The predicted molar refractivity (Wildman–Crippen MR) is 71.5 cm³/mol. The van der Waals surface area contributed by atoms with E-state index in [9.17, 15) is 14.5 Å². The minimum atomic E-state index is -0.482. The highest BCUT2D eigenvalue weighted by atomic mass is 19.1. The number of nitro groups is 1. The second-order valence-electron chi connectivity index (χ2n) is 4.08. The van der Waals surface area contributed by atoms with Gasteiger partial charge in [-0.25, -0.2) is 4.39 Å². The van der Waals surface area contributed by atoms with E-state index in [1.165, 1.54) is 30.3 Å². The van der Waals surface area contributed by atoms with Crippen LogP contribution in [-0.2, 0) is 6.54 Å². The SMILES string of the molecule is N#Cc1ccc(CNc2ccc([N+](=O)[O-])cc2)c(F)c1. The fourth-order valence-electron chi connectivity index (χ4n) is 1.66. The van der Waals surface area contributed by atoms with Crippen molar-refractivity contribution in [1.29, 1.82) is 5.26 Å². The molecule has 0 radical (unpaired) electrons. The van der Waals surface area contributed by atoms with E-state index in [1.54, 1.807) is 12.1 Å². The van der Waals surface area contributed by atoms with Crippen molar-refractivity contribution in [3.63, 3.8) is 0 Å². The molecule has 0 aliphatic carbocycles. The van der Waals surface area contributed by atoms with Crippen LogP contribution in [0.3, 0.4) is 0 Å². The van der Waals surface area contributed by atoms with E-state index in [-0.39, 0.29) is 17.8 Å². The molecule has 0 spiro atoms. The molecule has 0 aromatic heterocycles. The third kappa shape index (κ3) is 3.09. The molecule has 0 heterocycles. The van der Waals surface area contributed by atoms with Crippen LogP contribution in [0.2, 0.25) is 0 Å². The monoisotopic (exact) mass is 271 g/mol. The number of hydrogen-bond acceptors (Lipinski definition) is 4. The van der Waals surface area contributed by atoms with Gasteiger partial charge in [-0.15, -0.1) is 0 Å². The van der Waals surface area contributed by atoms with E-state index in [2.05, 4.69) is 5.32 Å². The quantitative estimate of drug-likeness (QED) is 0.684. The lowest BCUT2D eigenvalue weighted by Crippen LogP contribution is -2.02. The molecule has 0 saturated carbocycles. The minimum absolute atomic E-state index is 0.0000960. The molecule has 0 atom stereocenters. The van der Waals surface area contributed by atoms with E-state index >= 15 is 0 Å². The Labute approximate surface area is 114 Å². The fourth-order valence-corrected chi connectivity index (χ4v) is 1.66. The van der Waals surface area contributed by atoms with Gasteiger partial charge in [-0.2, -0.15) is 5.26 Å². The van der Waals surface area contributed by atoms with Gasteiger partial charge in [0.05, 0.1) is 16.6 Å². The van der Waals surface area contributed by atoms with Gasteiger partial charge in [0.25, 0.3) is 5.69 Å². The molecule has 0 unspecified atom stereocenters. The first kappa shape index (κ1) is 13.5. The zero-order valence-corrected chi connectivity index (χ0v) is 10.3. The molecule has 6 heteroatoms. The van der Waals surface area contributed by atoms with Crippen LogP contribution < -0.4 is 5.32 Å². The Morgan fingerprint density at radius 3 is 2.50 bits per heavy atom. The Hall–Kier alpha value is -2.94. The second-order valence-corrected chi connectivity index (χ2v) is 4.08. The third-order valence-corrected chi connectivity index (χ3v) is 2.74. The van der Waals surface area contributed by atoms with E-state index in [0.29, 0.717) is 11.3 Å². The molecule has 0 bridgehead atoms. The zero-order chi connectivity index (χ0) is 14.5. The average Bonchev–Trinajstić information content (AvgIpc) is 2.46. The van der Waals surface area contributed by atoms with Crippen LogP contribution in [0.15, 0.2) is 42.5 Å². The van der Waals surface area contributed by atoms with Crippen molar-refractivity contribution in [3.8, 4) is 6.07 Å². The summed E-state index contributed by atoms with van der Waals surface area (Å²) in [4.78, 5) is 10.0. The maximum absolute atomic E-state index is 13.6. The number of halogens is 1. The largest absolute Gasteiger partial charge is 0.381 e. The summed E-state index contributed by atoms with van der Waals surface area (Å²) in [6.07, 6.45) is 0. The summed E-state index contributed by atoms with van der Waals surface area (Å²) in [5.41, 5.74) is 1.34. The summed E-state index contributed by atoms with van der Waals surface area (Å²) in [5, 5.41) is 22.1. The van der Waals surface area contributed by atoms with Crippen LogP contribution in [0.25, 0.3) is 0 Å². The van der Waals surface area contributed by atoms with Gasteiger partial charge in [-0.3, -0.25) is 10.1 Å². The number of nitrogens with zero attached hydrogens (tertiary/aromatic N) is 2. The first-order valence-electron chi connectivity index (χ1n) is 5.77. The predicted octanol–water partition coefficient (Wildman–Crippen LogP) is 3.22. The molecule has 2 rings (SSSR count). The Bertz CT molecular complexity index is 678. The van der Waals surface area contributed by atoms with Gasteiger partial charge >= 0.3 is 0 Å². The first-order valence-corrected chi connectivity index (χ1v) is 5.77. The van der Waals surface area contributed by atoms with Crippen LogP contribution in [0.1, 0.15) is 11.1 Å². The molecule has 20 heavy (non-hydrogen) atoms. The van der Waals surface area contributed by atoms with Gasteiger partial charge in [0.15, 0.2) is 0 Å². The molecule has 2 aromatic carbocycles. The summed E-state index contributed by atoms with van der Waals surface area (Å²) in [6, 6.07) is 12.0. The number of non-ortho nitro benzene ring substituents is 1. The lowest BCUT2D eigenvalue weighted by molar-refractivity contribution is -0.384. The molecule has 1 N–H and O–H groups in total. The molecule has 0 aliphatic heterocycles. The fraction of sp³-hybridized carbons (Fsp3) is 0.0714. The Morgan fingerprint density at radius 1 is 1.25 bits per heavy atom. The van der Waals surface area contributed by atoms with Crippen molar-refractivity contribution < 1.29 is 9.31 Å². The van der Waals surface area contributed by atoms with Gasteiger partial charge in [0.2, 0.25) is 0 Å². The van der Waals surface area contributed by atoms with Crippen LogP contribution in [0.4, 0.5) is 15.8 Å². The summed E-state index contributed by atoms with van der Waals surface area (Å²) in [7, 11) is 0. The third-order valence-electron chi connectivity index (χ3n) is 2.74. The maximum Gasteiger partial charge on any atom is 0.269 e. The molecule has 0 saturated heterocycles. The van der Waals surface area contributed by atoms with E-state index in [0.717, 1.165) is 0 Å². The van der Waals surface area contributed by atoms with E-state index < -0.39 is 10.7 Å². The lowest BCUT2D eigenvalue weighted by atomic mass is 10.1. The molecule has 0 fully saturated rings. The van der Waals surface area contributed by atoms with Gasteiger partial charge in [-0.05, 0) is 24.3 Å². The normalized spacial score (nSPS) is 9.80. The second kappa shape index (κ2) is 5.80. The summed E-state index contributed by atoms with van der Waals surface area (Å²) >= 11 is 0. The number of rotatable bonds is 4. The molecular weight excluding hydrogens is 261 g/mol. The summed E-state index contributed by atoms with van der Waals surface area (Å²) in [5.74, 6) is -0.460. The number of anilines is 1. The van der Waals surface area contributed by atoms with Crippen molar-refractivity contribution in [2.24, 2.45) is 0 Å². The smallest absolute Gasteiger partial charge is 0.269 e. The van der Waals surface area contributed by atoms with Crippen LogP contribution in [-0.4, -0.2) is 4.92 Å². The van der Waals surface area contributed by atoms with Crippen LogP contribution in [0.5, 0.6) is 0 Å². The van der Waals surface area contributed by atoms with Crippen molar-refractivity contribution in [2.75, 3.05) is 5.32 Å².